The molecule has 2 aliphatic rings. The third-order valence-corrected chi connectivity index (χ3v) is 5.43. The Balaban J connectivity index is 1.57. The van der Waals surface area contributed by atoms with E-state index in [4.69, 9.17) is 5.73 Å². The number of nitrogens with two attached hydrogens (primary N) is 1. The molecule has 2 amide bonds. The highest BCUT2D eigenvalue weighted by Crippen LogP contribution is 2.30. The molecule has 0 radical (unpaired) electrons. The lowest BCUT2D eigenvalue weighted by atomic mass is 10.1. The maximum absolute atomic E-state index is 12.3. The van der Waals surface area contributed by atoms with Gasteiger partial charge in [0.2, 0.25) is 5.91 Å². The molecule has 1 saturated carbocycles. The van der Waals surface area contributed by atoms with Crippen molar-refractivity contribution in [3.63, 3.8) is 0 Å². The first-order valence-electron chi connectivity index (χ1n) is 7.81. The highest BCUT2D eigenvalue weighted by molar-refractivity contribution is 7.17. The number of amides is 2. The number of hydrogen-bond acceptors (Lipinski definition) is 5. The van der Waals surface area contributed by atoms with Crippen LogP contribution in [0.25, 0.3) is 0 Å². The molecule has 6 nitrogen and oxygen atoms in total. The molecule has 1 unspecified atom stereocenters. The zero-order valence-corrected chi connectivity index (χ0v) is 13.6. The molecule has 7 heteroatoms. The summed E-state index contributed by atoms with van der Waals surface area (Å²) in [5.74, 6) is 0.410. The van der Waals surface area contributed by atoms with Crippen LogP contribution in [0.3, 0.4) is 0 Å². The van der Waals surface area contributed by atoms with Crippen molar-refractivity contribution in [2.24, 2.45) is 5.92 Å². The second-order valence-corrected chi connectivity index (χ2v) is 7.37. The van der Waals surface area contributed by atoms with Gasteiger partial charge in [-0.15, -0.1) is 0 Å². The Morgan fingerprint density at radius 3 is 2.86 bits per heavy atom. The molecule has 1 atom stereocenters. The summed E-state index contributed by atoms with van der Waals surface area (Å²) in [5, 5.41) is 0.403. The molecular weight excluding hydrogens is 300 g/mol. The fraction of sp³-hybridized carbons (Fsp3) is 0.667. The average Bonchev–Trinajstić information content (AvgIpc) is 3.19. The van der Waals surface area contributed by atoms with Gasteiger partial charge in [-0.2, -0.15) is 0 Å². The summed E-state index contributed by atoms with van der Waals surface area (Å²) in [5.41, 5.74) is 5.57. The minimum atomic E-state index is -0.0686. The van der Waals surface area contributed by atoms with Crippen molar-refractivity contribution in [2.75, 3.05) is 25.9 Å². The summed E-state index contributed by atoms with van der Waals surface area (Å²) in [6.07, 6.45) is 6.79. The molecule has 1 aromatic heterocycles. The van der Waals surface area contributed by atoms with Crippen LogP contribution in [0.15, 0.2) is 6.20 Å². The molecule has 1 saturated heterocycles. The number of carbonyl (C=O) groups excluding carboxylic acids is 2. The number of aromatic nitrogens is 1. The van der Waals surface area contributed by atoms with Gasteiger partial charge in [0.05, 0.1) is 6.20 Å². The van der Waals surface area contributed by atoms with E-state index in [9.17, 15) is 9.59 Å². The lowest BCUT2D eigenvalue weighted by Gasteiger charge is -2.25. The fourth-order valence-corrected chi connectivity index (χ4v) is 4.22. The lowest BCUT2D eigenvalue weighted by molar-refractivity contribution is -0.129. The largest absolute Gasteiger partial charge is 0.375 e. The average molecular weight is 322 g/mol. The number of anilines is 1. The van der Waals surface area contributed by atoms with Crippen LogP contribution >= 0.6 is 11.3 Å². The third-order valence-electron chi connectivity index (χ3n) is 4.62. The van der Waals surface area contributed by atoms with Crippen LogP contribution in [0.2, 0.25) is 0 Å². The van der Waals surface area contributed by atoms with Gasteiger partial charge in [0.15, 0.2) is 5.13 Å². The quantitative estimate of drug-likeness (QED) is 0.913. The minimum Gasteiger partial charge on any atom is -0.375 e. The Morgan fingerprint density at radius 2 is 2.23 bits per heavy atom. The summed E-state index contributed by atoms with van der Waals surface area (Å²) >= 11 is 1.20. The molecule has 2 N–H and O–H groups in total. The number of carbonyl (C=O) groups is 2. The smallest absolute Gasteiger partial charge is 0.265 e. The van der Waals surface area contributed by atoms with Gasteiger partial charge in [-0.3, -0.25) is 9.59 Å². The standard InChI is InChI=1S/C15H22N4O2S/c1-18(14(21)12-7-17-15(16)22-12)8-10-6-13(20)19(9-10)11-4-2-3-5-11/h7,10-11H,2-6,8-9H2,1H3,(H2,16,17). The number of nitrogens with zero attached hydrogens (tertiary/aromatic N) is 3. The van der Waals surface area contributed by atoms with Crippen LogP contribution in [0, 0.1) is 5.92 Å². The second-order valence-electron chi connectivity index (χ2n) is 6.30. The number of nitrogen functional groups attached to an aromatic ring is 1. The zero-order chi connectivity index (χ0) is 15.7. The van der Waals surface area contributed by atoms with E-state index < -0.39 is 0 Å². The van der Waals surface area contributed by atoms with E-state index in [2.05, 4.69) is 4.98 Å². The third kappa shape index (κ3) is 3.09. The molecule has 2 heterocycles. The molecule has 1 aliphatic heterocycles. The lowest BCUT2D eigenvalue weighted by Crippen LogP contribution is -2.36. The number of thiazole rings is 1. The highest BCUT2D eigenvalue weighted by atomic mass is 32.1. The first kappa shape index (κ1) is 15.3. The molecule has 22 heavy (non-hydrogen) atoms. The van der Waals surface area contributed by atoms with Crippen LogP contribution < -0.4 is 5.73 Å². The molecule has 120 valence electrons. The van der Waals surface area contributed by atoms with E-state index in [0.717, 1.165) is 19.4 Å². The Labute approximate surface area is 134 Å². The van der Waals surface area contributed by atoms with Gasteiger partial charge in [0, 0.05) is 38.5 Å². The van der Waals surface area contributed by atoms with Crippen molar-refractivity contribution in [1.29, 1.82) is 0 Å². The molecular formula is C15H22N4O2S. The van der Waals surface area contributed by atoms with E-state index in [1.54, 1.807) is 11.9 Å². The number of hydrogen-bond donors (Lipinski definition) is 1. The maximum atomic E-state index is 12.3. The summed E-state index contributed by atoms with van der Waals surface area (Å²) in [7, 11) is 1.78. The van der Waals surface area contributed by atoms with E-state index in [0.29, 0.717) is 29.0 Å². The summed E-state index contributed by atoms with van der Waals surface area (Å²) in [6, 6.07) is 0.430. The number of likely N-dealkylation sites (tertiary alicyclic amines) is 1. The van der Waals surface area contributed by atoms with Gasteiger partial charge in [-0.1, -0.05) is 24.2 Å². The normalized spacial score (nSPS) is 22.5. The summed E-state index contributed by atoms with van der Waals surface area (Å²) < 4.78 is 0. The summed E-state index contributed by atoms with van der Waals surface area (Å²) in [4.78, 5) is 32.7. The Bertz CT molecular complexity index is 568. The van der Waals surface area contributed by atoms with Crippen molar-refractivity contribution in [2.45, 2.75) is 38.1 Å². The minimum absolute atomic E-state index is 0.0686. The molecule has 2 fully saturated rings. The van der Waals surface area contributed by atoms with Crippen LogP contribution in [0.5, 0.6) is 0 Å². The van der Waals surface area contributed by atoms with E-state index in [1.807, 2.05) is 4.90 Å². The van der Waals surface area contributed by atoms with Gasteiger partial charge in [0.1, 0.15) is 4.88 Å². The van der Waals surface area contributed by atoms with Gasteiger partial charge >= 0.3 is 0 Å². The van der Waals surface area contributed by atoms with E-state index >= 15 is 0 Å². The molecule has 3 rings (SSSR count). The van der Waals surface area contributed by atoms with Crippen LogP contribution in [-0.4, -0.2) is 52.8 Å². The van der Waals surface area contributed by atoms with Gasteiger partial charge < -0.3 is 15.5 Å². The predicted octanol–water partition coefficient (Wildman–Crippen LogP) is 1.59. The Hall–Kier alpha value is -1.63. The monoisotopic (exact) mass is 322 g/mol. The van der Waals surface area contributed by atoms with Gasteiger partial charge in [-0.05, 0) is 12.8 Å². The molecule has 1 aliphatic carbocycles. The summed E-state index contributed by atoms with van der Waals surface area (Å²) in [6.45, 7) is 1.39. The predicted molar refractivity (Wildman–Crippen MR) is 85.6 cm³/mol. The van der Waals surface area contributed by atoms with E-state index in [1.165, 1.54) is 30.4 Å². The van der Waals surface area contributed by atoms with Crippen molar-refractivity contribution >= 4 is 28.3 Å². The van der Waals surface area contributed by atoms with Crippen LogP contribution in [-0.2, 0) is 4.79 Å². The fourth-order valence-electron chi connectivity index (χ4n) is 3.54. The van der Waals surface area contributed by atoms with E-state index in [-0.39, 0.29) is 17.7 Å². The molecule has 0 aromatic carbocycles. The first-order chi connectivity index (χ1) is 10.5. The second kappa shape index (κ2) is 6.24. The molecule has 0 bridgehead atoms. The van der Waals surface area contributed by atoms with Crippen molar-refractivity contribution in [3.8, 4) is 0 Å². The molecule has 0 spiro atoms. The Morgan fingerprint density at radius 1 is 1.50 bits per heavy atom. The number of rotatable bonds is 4. The van der Waals surface area contributed by atoms with Crippen LogP contribution in [0.4, 0.5) is 5.13 Å². The Kier molecular flexibility index (Phi) is 4.33. The van der Waals surface area contributed by atoms with Gasteiger partial charge in [-0.25, -0.2) is 4.98 Å². The first-order valence-corrected chi connectivity index (χ1v) is 8.62. The van der Waals surface area contributed by atoms with Crippen molar-refractivity contribution in [3.05, 3.63) is 11.1 Å². The SMILES string of the molecule is CN(CC1CC(=O)N(C2CCCC2)C1)C(=O)c1cnc(N)s1. The van der Waals surface area contributed by atoms with Gasteiger partial charge in [0.25, 0.3) is 5.91 Å². The zero-order valence-electron chi connectivity index (χ0n) is 12.8. The maximum Gasteiger partial charge on any atom is 0.265 e. The van der Waals surface area contributed by atoms with Crippen LogP contribution in [0.1, 0.15) is 41.8 Å². The van der Waals surface area contributed by atoms with Crippen molar-refractivity contribution in [1.82, 2.24) is 14.8 Å². The highest BCUT2D eigenvalue weighted by Gasteiger charge is 2.36. The molecule has 1 aromatic rings. The van der Waals surface area contributed by atoms with Crippen molar-refractivity contribution < 1.29 is 9.59 Å². The topological polar surface area (TPSA) is 79.5 Å².